The number of aryl methyl sites for hydroxylation is 1. The Labute approximate surface area is 122 Å². The number of anilines is 1. The molecule has 0 atom stereocenters. The molecule has 0 radical (unpaired) electrons. The van der Waals surface area contributed by atoms with Crippen LogP contribution < -0.4 is 16.6 Å². The van der Waals surface area contributed by atoms with Gasteiger partial charge in [-0.3, -0.25) is 19.3 Å². The Balaban J connectivity index is 2.31. The lowest BCUT2D eigenvalue weighted by atomic mass is 10.1. The Morgan fingerprint density at radius 1 is 1.24 bits per heavy atom. The third-order valence-corrected chi connectivity index (χ3v) is 3.07. The number of nitrogens with one attached hydrogen (secondary N) is 2. The van der Waals surface area contributed by atoms with E-state index in [4.69, 9.17) is 0 Å². The summed E-state index contributed by atoms with van der Waals surface area (Å²) in [6.45, 7) is 7.80. The Morgan fingerprint density at radius 3 is 2.52 bits per heavy atom. The molecule has 112 valence electrons. The van der Waals surface area contributed by atoms with E-state index >= 15 is 0 Å². The fourth-order valence-electron chi connectivity index (χ4n) is 1.89. The normalized spacial score (nSPS) is 11.4. The summed E-state index contributed by atoms with van der Waals surface area (Å²) in [6, 6.07) is 0. The van der Waals surface area contributed by atoms with Crippen LogP contribution in [-0.2, 0) is 12.1 Å². The second kappa shape index (κ2) is 5.51. The molecule has 2 aromatic rings. The molecule has 7 nitrogen and oxygen atoms in total. The lowest BCUT2D eigenvalue weighted by Crippen LogP contribution is -2.40. The smallest absolute Gasteiger partial charge is 0.328 e. The van der Waals surface area contributed by atoms with Crippen molar-refractivity contribution < 1.29 is 0 Å². The van der Waals surface area contributed by atoms with Crippen LogP contribution in [-0.4, -0.2) is 19.5 Å². The van der Waals surface area contributed by atoms with Gasteiger partial charge in [-0.1, -0.05) is 0 Å². The number of nitrogens with zero attached hydrogens (tertiary/aromatic N) is 3. The summed E-state index contributed by atoms with van der Waals surface area (Å²) < 4.78 is 1.51. The van der Waals surface area contributed by atoms with Crippen LogP contribution in [0.25, 0.3) is 0 Å². The SMILES string of the molecule is Cc1nccnc1NCc1cn(C(C)(C)C)c(=O)[nH]c1=O. The van der Waals surface area contributed by atoms with Crippen molar-refractivity contribution in [2.75, 3.05) is 5.32 Å². The number of H-pyrrole nitrogens is 1. The van der Waals surface area contributed by atoms with Gasteiger partial charge in [0, 0.05) is 30.7 Å². The third-order valence-electron chi connectivity index (χ3n) is 3.07. The van der Waals surface area contributed by atoms with Gasteiger partial charge in [0.2, 0.25) is 0 Å². The highest BCUT2D eigenvalue weighted by Crippen LogP contribution is 2.11. The summed E-state index contributed by atoms with van der Waals surface area (Å²) in [7, 11) is 0. The minimum atomic E-state index is -0.410. The molecule has 2 rings (SSSR count). The van der Waals surface area contributed by atoms with Gasteiger partial charge < -0.3 is 5.32 Å². The zero-order valence-electron chi connectivity index (χ0n) is 12.6. The molecule has 0 aliphatic heterocycles. The van der Waals surface area contributed by atoms with Crippen molar-refractivity contribution in [3.8, 4) is 0 Å². The van der Waals surface area contributed by atoms with Crippen LogP contribution in [0.3, 0.4) is 0 Å². The van der Waals surface area contributed by atoms with Gasteiger partial charge in [0.1, 0.15) is 5.82 Å². The Kier molecular flexibility index (Phi) is 3.93. The predicted octanol–water partition coefficient (Wildman–Crippen LogP) is 1.00. The highest BCUT2D eigenvalue weighted by atomic mass is 16.2. The molecule has 21 heavy (non-hydrogen) atoms. The summed E-state index contributed by atoms with van der Waals surface area (Å²) in [5, 5.41) is 3.06. The van der Waals surface area contributed by atoms with Gasteiger partial charge in [0.25, 0.3) is 5.56 Å². The van der Waals surface area contributed by atoms with E-state index in [0.717, 1.165) is 5.69 Å². The highest BCUT2D eigenvalue weighted by molar-refractivity contribution is 5.38. The van der Waals surface area contributed by atoms with E-state index in [9.17, 15) is 9.59 Å². The number of rotatable bonds is 3. The molecule has 7 heteroatoms. The maximum absolute atomic E-state index is 11.9. The molecule has 0 bridgehead atoms. The first kappa shape index (κ1) is 15.0. The van der Waals surface area contributed by atoms with E-state index in [1.807, 2.05) is 27.7 Å². The van der Waals surface area contributed by atoms with Gasteiger partial charge >= 0.3 is 5.69 Å². The summed E-state index contributed by atoms with van der Waals surface area (Å²) in [6.07, 6.45) is 4.77. The van der Waals surface area contributed by atoms with Crippen molar-refractivity contribution >= 4 is 5.82 Å². The van der Waals surface area contributed by atoms with Crippen molar-refractivity contribution in [2.24, 2.45) is 0 Å². The van der Waals surface area contributed by atoms with E-state index in [1.165, 1.54) is 4.57 Å². The molecule has 0 amide bonds. The summed E-state index contributed by atoms with van der Waals surface area (Å²) in [4.78, 5) is 34.3. The zero-order chi connectivity index (χ0) is 15.6. The molecule has 2 N–H and O–H groups in total. The Morgan fingerprint density at radius 2 is 1.90 bits per heavy atom. The zero-order valence-corrected chi connectivity index (χ0v) is 12.6. The number of aromatic amines is 1. The molecule has 0 fully saturated rings. The monoisotopic (exact) mass is 289 g/mol. The average molecular weight is 289 g/mol. The Bertz CT molecular complexity index is 755. The van der Waals surface area contributed by atoms with Crippen LogP contribution in [0.5, 0.6) is 0 Å². The van der Waals surface area contributed by atoms with Crippen LogP contribution in [0.4, 0.5) is 5.82 Å². The lowest BCUT2D eigenvalue weighted by Gasteiger charge is -2.22. The first-order chi connectivity index (χ1) is 9.79. The van der Waals surface area contributed by atoms with Gasteiger partial charge in [-0.05, 0) is 27.7 Å². The molecule has 0 spiro atoms. The second-order valence-electron chi connectivity index (χ2n) is 5.80. The van der Waals surface area contributed by atoms with E-state index in [-0.39, 0.29) is 6.54 Å². The number of hydrogen-bond acceptors (Lipinski definition) is 5. The molecule has 0 aromatic carbocycles. The first-order valence-corrected chi connectivity index (χ1v) is 6.66. The fraction of sp³-hybridized carbons (Fsp3) is 0.429. The standard InChI is InChI=1S/C14H19N5O2/c1-9-11(16-6-5-15-9)17-7-10-8-19(14(2,3)4)13(21)18-12(10)20/h5-6,8H,7H2,1-4H3,(H,16,17)(H,18,20,21). The average Bonchev–Trinajstić information content (AvgIpc) is 2.38. The van der Waals surface area contributed by atoms with Gasteiger partial charge in [-0.2, -0.15) is 0 Å². The molecule has 0 saturated carbocycles. The first-order valence-electron chi connectivity index (χ1n) is 6.66. The minimum absolute atomic E-state index is 0.269. The molecular formula is C14H19N5O2. The molecule has 0 unspecified atom stereocenters. The highest BCUT2D eigenvalue weighted by Gasteiger charge is 2.16. The summed E-state index contributed by atoms with van der Waals surface area (Å²) in [5.74, 6) is 0.616. The molecule has 0 aliphatic rings. The van der Waals surface area contributed by atoms with E-state index < -0.39 is 16.8 Å². The van der Waals surface area contributed by atoms with Gasteiger partial charge in [0.15, 0.2) is 0 Å². The van der Waals surface area contributed by atoms with Crippen LogP contribution in [0.1, 0.15) is 32.0 Å². The molecule has 0 saturated heterocycles. The molecule has 2 heterocycles. The van der Waals surface area contributed by atoms with E-state index in [0.29, 0.717) is 11.4 Å². The quantitative estimate of drug-likeness (QED) is 0.879. The maximum atomic E-state index is 11.9. The molecular weight excluding hydrogens is 270 g/mol. The third kappa shape index (κ3) is 3.36. The van der Waals surface area contributed by atoms with Crippen molar-refractivity contribution in [3.63, 3.8) is 0 Å². The minimum Gasteiger partial charge on any atom is -0.364 e. The number of aromatic nitrogens is 4. The van der Waals surface area contributed by atoms with E-state index in [1.54, 1.807) is 18.6 Å². The summed E-state index contributed by atoms with van der Waals surface area (Å²) in [5.41, 5.74) is 0.00696. The van der Waals surface area contributed by atoms with Gasteiger partial charge in [-0.15, -0.1) is 0 Å². The van der Waals surface area contributed by atoms with Crippen molar-refractivity contribution in [1.82, 2.24) is 19.5 Å². The van der Waals surface area contributed by atoms with Gasteiger partial charge in [0.05, 0.1) is 11.3 Å². The summed E-state index contributed by atoms with van der Waals surface area (Å²) >= 11 is 0. The lowest BCUT2D eigenvalue weighted by molar-refractivity contribution is 0.374. The number of hydrogen-bond donors (Lipinski definition) is 2. The van der Waals surface area contributed by atoms with Crippen LogP contribution >= 0.6 is 0 Å². The van der Waals surface area contributed by atoms with E-state index in [2.05, 4.69) is 20.3 Å². The van der Waals surface area contributed by atoms with Gasteiger partial charge in [-0.25, -0.2) is 9.78 Å². The Hall–Kier alpha value is -2.44. The van der Waals surface area contributed by atoms with Crippen molar-refractivity contribution in [2.45, 2.75) is 39.8 Å². The van der Waals surface area contributed by atoms with Crippen molar-refractivity contribution in [1.29, 1.82) is 0 Å². The fourth-order valence-corrected chi connectivity index (χ4v) is 1.89. The largest absolute Gasteiger partial charge is 0.364 e. The maximum Gasteiger partial charge on any atom is 0.328 e. The predicted molar refractivity (Wildman–Crippen MR) is 80.4 cm³/mol. The second-order valence-corrected chi connectivity index (χ2v) is 5.80. The van der Waals surface area contributed by atoms with Crippen LogP contribution in [0.2, 0.25) is 0 Å². The van der Waals surface area contributed by atoms with Crippen LogP contribution in [0.15, 0.2) is 28.2 Å². The molecule has 0 aliphatic carbocycles. The van der Waals surface area contributed by atoms with Crippen LogP contribution in [0, 0.1) is 6.92 Å². The van der Waals surface area contributed by atoms with Crippen molar-refractivity contribution in [3.05, 3.63) is 50.7 Å². The topological polar surface area (TPSA) is 92.7 Å². The molecule has 2 aromatic heterocycles.